The minimum atomic E-state index is -3.02. The van der Waals surface area contributed by atoms with Gasteiger partial charge in [0.25, 0.3) is 0 Å². The maximum atomic E-state index is 12.1. The van der Waals surface area contributed by atoms with E-state index in [0.717, 1.165) is 0 Å². The van der Waals surface area contributed by atoms with Crippen molar-refractivity contribution in [1.29, 1.82) is 0 Å². The molecule has 0 aliphatic carbocycles. The molecule has 0 aliphatic rings. The molecule has 0 amide bonds. The van der Waals surface area contributed by atoms with Crippen molar-refractivity contribution >= 4 is 18.2 Å². The lowest BCUT2D eigenvalue weighted by Crippen LogP contribution is -1.95. The van der Waals surface area contributed by atoms with Gasteiger partial charge in [-0.25, -0.2) is 4.57 Å². The number of hydrogen-bond acceptors (Lipinski definition) is 4. The molecule has 0 aromatic heterocycles. The number of rotatable bonds is 6. The molecular weight excluding hydrogens is 231 g/mol. The van der Waals surface area contributed by atoms with Crippen LogP contribution in [0, 0.1) is 0 Å². The summed E-state index contributed by atoms with van der Waals surface area (Å²) in [5.41, 5.74) is 0. The van der Waals surface area contributed by atoms with E-state index in [1.54, 1.807) is 19.1 Å². The number of para-hydroxylation sites is 1. The van der Waals surface area contributed by atoms with Crippen molar-refractivity contribution in [2.75, 3.05) is 12.4 Å². The highest BCUT2D eigenvalue weighted by Gasteiger charge is 2.25. The first-order valence-electron chi connectivity index (χ1n) is 4.84. The van der Waals surface area contributed by atoms with E-state index in [-0.39, 0.29) is 0 Å². The SMILES string of the molecule is CCOP(=O)(Oc1ccccc1)SCC. The van der Waals surface area contributed by atoms with Crippen LogP contribution in [0.2, 0.25) is 0 Å². The van der Waals surface area contributed by atoms with Crippen molar-refractivity contribution < 1.29 is 13.6 Å². The third kappa shape index (κ3) is 4.29. The Balaban J connectivity index is 2.71. The van der Waals surface area contributed by atoms with Crippen molar-refractivity contribution in [2.45, 2.75) is 13.8 Å². The van der Waals surface area contributed by atoms with E-state index in [4.69, 9.17) is 9.05 Å². The van der Waals surface area contributed by atoms with E-state index in [9.17, 15) is 4.57 Å². The zero-order valence-corrected chi connectivity index (χ0v) is 10.6. The van der Waals surface area contributed by atoms with Gasteiger partial charge in [-0.3, -0.25) is 4.52 Å². The monoisotopic (exact) mass is 246 g/mol. The minimum absolute atomic E-state index is 0.386. The third-order valence-electron chi connectivity index (χ3n) is 1.53. The molecule has 0 saturated carbocycles. The van der Waals surface area contributed by atoms with Crippen LogP contribution in [-0.4, -0.2) is 12.4 Å². The van der Waals surface area contributed by atoms with Gasteiger partial charge in [0.05, 0.1) is 6.61 Å². The maximum Gasteiger partial charge on any atom is 0.440 e. The predicted molar refractivity (Wildman–Crippen MR) is 64.4 cm³/mol. The Kier molecular flexibility index (Phi) is 5.23. The summed E-state index contributed by atoms with van der Waals surface area (Å²) in [5, 5.41) is 0. The normalized spacial score (nSPS) is 14.5. The topological polar surface area (TPSA) is 35.5 Å². The summed E-state index contributed by atoms with van der Waals surface area (Å²) < 4.78 is 22.7. The molecule has 0 N–H and O–H groups in total. The molecule has 0 radical (unpaired) electrons. The van der Waals surface area contributed by atoms with Crippen LogP contribution in [0.3, 0.4) is 0 Å². The van der Waals surface area contributed by atoms with Gasteiger partial charge in [-0.05, 0) is 30.4 Å². The predicted octanol–water partition coefficient (Wildman–Crippen LogP) is 3.96. The van der Waals surface area contributed by atoms with Crippen molar-refractivity contribution in [3.05, 3.63) is 30.3 Å². The summed E-state index contributed by atoms with van der Waals surface area (Å²) in [6.07, 6.45) is 0. The molecule has 0 heterocycles. The average molecular weight is 246 g/mol. The molecule has 0 aliphatic heterocycles. The largest absolute Gasteiger partial charge is 0.440 e. The molecule has 0 spiro atoms. The zero-order valence-electron chi connectivity index (χ0n) is 8.88. The Hall–Kier alpha value is -0.440. The summed E-state index contributed by atoms with van der Waals surface area (Å²) in [4.78, 5) is 0. The highest BCUT2D eigenvalue weighted by Crippen LogP contribution is 2.59. The van der Waals surface area contributed by atoms with E-state index in [1.807, 2.05) is 25.1 Å². The Morgan fingerprint density at radius 2 is 1.93 bits per heavy atom. The van der Waals surface area contributed by atoms with Gasteiger partial charge in [0.1, 0.15) is 5.75 Å². The lowest BCUT2D eigenvalue weighted by Gasteiger charge is -2.16. The van der Waals surface area contributed by atoms with Crippen LogP contribution in [-0.2, 0) is 9.09 Å². The molecule has 5 heteroatoms. The molecule has 1 aromatic carbocycles. The van der Waals surface area contributed by atoms with Gasteiger partial charge < -0.3 is 4.52 Å². The van der Waals surface area contributed by atoms with Crippen LogP contribution in [0.15, 0.2) is 30.3 Å². The Morgan fingerprint density at radius 1 is 1.27 bits per heavy atom. The second-order valence-corrected chi connectivity index (χ2v) is 6.97. The van der Waals surface area contributed by atoms with Gasteiger partial charge in [0, 0.05) is 5.75 Å². The van der Waals surface area contributed by atoms with Gasteiger partial charge in [-0.15, -0.1) is 0 Å². The van der Waals surface area contributed by atoms with E-state index >= 15 is 0 Å². The Morgan fingerprint density at radius 3 is 2.47 bits per heavy atom. The highest BCUT2D eigenvalue weighted by atomic mass is 32.7. The lowest BCUT2D eigenvalue weighted by molar-refractivity contribution is 0.296. The standard InChI is InChI=1S/C10H15O3PS/c1-3-12-14(11,15-4-2)13-10-8-6-5-7-9-10/h5-9H,3-4H2,1-2H3. The van der Waals surface area contributed by atoms with Crippen LogP contribution in [0.25, 0.3) is 0 Å². The van der Waals surface area contributed by atoms with Gasteiger partial charge >= 0.3 is 6.80 Å². The molecule has 3 nitrogen and oxygen atoms in total. The molecule has 84 valence electrons. The Bertz CT molecular complexity index is 319. The summed E-state index contributed by atoms with van der Waals surface area (Å²) in [7, 11) is 0. The van der Waals surface area contributed by atoms with Crippen LogP contribution in [0.4, 0.5) is 0 Å². The molecule has 0 bridgehead atoms. The second-order valence-electron chi connectivity index (χ2n) is 2.69. The Labute approximate surface area is 94.5 Å². The maximum absolute atomic E-state index is 12.1. The zero-order chi connectivity index (χ0) is 11.1. The number of hydrogen-bond donors (Lipinski definition) is 0. The fourth-order valence-electron chi connectivity index (χ4n) is 1.02. The van der Waals surface area contributed by atoms with Gasteiger partial charge in [0.2, 0.25) is 0 Å². The minimum Gasteiger partial charge on any atom is -0.417 e. The van der Waals surface area contributed by atoms with Crippen molar-refractivity contribution in [2.24, 2.45) is 0 Å². The van der Waals surface area contributed by atoms with Crippen LogP contribution < -0.4 is 4.52 Å². The lowest BCUT2D eigenvalue weighted by atomic mass is 10.3. The van der Waals surface area contributed by atoms with Crippen LogP contribution in [0.5, 0.6) is 5.75 Å². The van der Waals surface area contributed by atoms with Gasteiger partial charge in [-0.2, -0.15) is 0 Å². The summed E-state index contributed by atoms with van der Waals surface area (Å²) in [6, 6.07) is 9.08. The fourth-order valence-corrected chi connectivity index (χ4v) is 4.11. The first-order chi connectivity index (χ1) is 7.20. The average Bonchev–Trinajstić information content (AvgIpc) is 2.19. The van der Waals surface area contributed by atoms with E-state index < -0.39 is 6.80 Å². The molecule has 0 saturated heterocycles. The van der Waals surface area contributed by atoms with E-state index in [2.05, 4.69) is 0 Å². The molecule has 1 unspecified atom stereocenters. The van der Waals surface area contributed by atoms with Crippen molar-refractivity contribution in [3.63, 3.8) is 0 Å². The van der Waals surface area contributed by atoms with Gasteiger partial charge in [-0.1, -0.05) is 25.1 Å². The van der Waals surface area contributed by atoms with Crippen LogP contribution in [0.1, 0.15) is 13.8 Å². The molecule has 1 rings (SSSR count). The quantitative estimate of drug-likeness (QED) is 0.711. The van der Waals surface area contributed by atoms with Crippen molar-refractivity contribution in [3.8, 4) is 5.75 Å². The smallest absolute Gasteiger partial charge is 0.417 e. The molecule has 0 fully saturated rings. The summed E-state index contributed by atoms with van der Waals surface area (Å²) in [6.45, 7) is 1.09. The number of benzene rings is 1. The highest BCUT2D eigenvalue weighted by molar-refractivity contribution is 8.55. The second kappa shape index (κ2) is 6.21. The molecular formula is C10H15O3PS. The molecule has 1 atom stereocenters. The molecule has 1 aromatic rings. The van der Waals surface area contributed by atoms with E-state index in [0.29, 0.717) is 18.1 Å². The first-order valence-corrected chi connectivity index (χ1v) is 7.97. The van der Waals surface area contributed by atoms with Crippen molar-refractivity contribution in [1.82, 2.24) is 0 Å². The molecule has 15 heavy (non-hydrogen) atoms. The summed E-state index contributed by atoms with van der Waals surface area (Å²) in [5.74, 6) is 1.28. The third-order valence-corrected chi connectivity index (χ3v) is 5.38. The van der Waals surface area contributed by atoms with Crippen LogP contribution >= 0.6 is 18.2 Å². The van der Waals surface area contributed by atoms with E-state index in [1.165, 1.54) is 11.4 Å². The first kappa shape index (κ1) is 12.6. The van der Waals surface area contributed by atoms with Gasteiger partial charge in [0.15, 0.2) is 0 Å². The fraction of sp³-hybridized carbons (Fsp3) is 0.400. The summed E-state index contributed by atoms with van der Waals surface area (Å²) >= 11 is 1.21.